The quantitative estimate of drug-likeness (QED) is 0.759. The third-order valence-electron chi connectivity index (χ3n) is 3.54. The molecule has 2 N–H and O–H groups in total. The third kappa shape index (κ3) is 3.78. The molecule has 4 nitrogen and oxygen atoms in total. The highest BCUT2D eigenvalue weighted by molar-refractivity contribution is 7.91. The van der Waals surface area contributed by atoms with Gasteiger partial charge >= 0.3 is 0 Å². The Bertz CT molecular complexity index is 519. The fourth-order valence-corrected chi connectivity index (χ4v) is 5.03. The van der Waals surface area contributed by atoms with E-state index in [9.17, 15) is 8.42 Å². The number of rotatable bonds is 7. The zero-order valence-electron chi connectivity index (χ0n) is 11.5. The molecule has 1 aromatic heterocycles. The summed E-state index contributed by atoms with van der Waals surface area (Å²) in [4.78, 5) is 1.11. The highest BCUT2D eigenvalue weighted by Crippen LogP contribution is 2.33. The molecule has 19 heavy (non-hydrogen) atoms. The molecule has 0 spiro atoms. The molecule has 1 heterocycles. The van der Waals surface area contributed by atoms with Gasteiger partial charge in [0.2, 0.25) is 0 Å². The van der Waals surface area contributed by atoms with E-state index in [1.165, 1.54) is 11.3 Å². The van der Waals surface area contributed by atoms with E-state index in [0.29, 0.717) is 4.21 Å². The molecule has 108 valence electrons. The maximum absolute atomic E-state index is 12.3. The number of hydrogen-bond donors (Lipinski definition) is 2. The molecule has 1 aliphatic carbocycles. The van der Waals surface area contributed by atoms with Crippen LogP contribution in [0.25, 0.3) is 0 Å². The van der Waals surface area contributed by atoms with Gasteiger partial charge in [-0.1, -0.05) is 6.92 Å². The van der Waals surface area contributed by atoms with Gasteiger partial charge in [0.25, 0.3) is 10.0 Å². The fraction of sp³-hybridized carbons (Fsp3) is 0.692. The van der Waals surface area contributed by atoms with Crippen LogP contribution in [0.2, 0.25) is 0 Å². The van der Waals surface area contributed by atoms with Crippen molar-refractivity contribution >= 4 is 21.4 Å². The zero-order chi connectivity index (χ0) is 13.9. The average Bonchev–Trinajstić information content (AvgIpc) is 2.76. The Hall–Kier alpha value is -0.430. The van der Waals surface area contributed by atoms with Crippen LogP contribution >= 0.6 is 11.3 Å². The summed E-state index contributed by atoms with van der Waals surface area (Å²) in [6.45, 7) is 5.87. The Kier molecular flexibility index (Phi) is 4.66. The van der Waals surface area contributed by atoms with Crippen molar-refractivity contribution in [1.82, 2.24) is 10.0 Å². The molecule has 0 aromatic carbocycles. The summed E-state index contributed by atoms with van der Waals surface area (Å²) >= 11 is 1.38. The van der Waals surface area contributed by atoms with Gasteiger partial charge in [-0.15, -0.1) is 11.3 Å². The van der Waals surface area contributed by atoms with Crippen LogP contribution < -0.4 is 10.0 Å². The van der Waals surface area contributed by atoms with Crippen molar-refractivity contribution in [2.24, 2.45) is 0 Å². The van der Waals surface area contributed by atoms with E-state index >= 15 is 0 Å². The van der Waals surface area contributed by atoms with E-state index in [1.54, 1.807) is 6.07 Å². The van der Waals surface area contributed by atoms with Crippen LogP contribution in [0.4, 0.5) is 0 Å². The second kappa shape index (κ2) is 5.91. The van der Waals surface area contributed by atoms with Gasteiger partial charge in [0.15, 0.2) is 0 Å². The molecule has 0 bridgehead atoms. The van der Waals surface area contributed by atoms with E-state index in [1.807, 2.05) is 13.0 Å². The van der Waals surface area contributed by atoms with Crippen molar-refractivity contribution in [3.8, 4) is 0 Å². The van der Waals surface area contributed by atoms with Crippen LogP contribution in [0, 0.1) is 0 Å². The van der Waals surface area contributed by atoms with Crippen LogP contribution in [0.15, 0.2) is 16.3 Å². The molecule has 2 rings (SSSR count). The number of hydrogen-bond acceptors (Lipinski definition) is 4. The Morgan fingerprint density at radius 3 is 2.68 bits per heavy atom. The van der Waals surface area contributed by atoms with Gasteiger partial charge in [0.1, 0.15) is 4.21 Å². The van der Waals surface area contributed by atoms with Gasteiger partial charge in [-0.05, 0) is 57.8 Å². The first kappa shape index (κ1) is 15.0. The smallest absolute Gasteiger partial charge is 0.250 e. The molecule has 0 atom stereocenters. The number of thiophene rings is 1. The highest BCUT2D eigenvalue weighted by Gasteiger charge is 2.36. The first-order valence-electron chi connectivity index (χ1n) is 6.79. The Morgan fingerprint density at radius 2 is 2.11 bits per heavy atom. The number of nitrogens with one attached hydrogen (secondary N) is 2. The van der Waals surface area contributed by atoms with E-state index < -0.39 is 10.0 Å². The second-order valence-electron chi connectivity index (χ2n) is 5.34. The summed E-state index contributed by atoms with van der Waals surface area (Å²) in [5, 5.41) is 3.24. The van der Waals surface area contributed by atoms with Crippen molar-refractivity contribution in [2.75, 3.05) is 13.1 Å². The first-order chi connectivity index (χ1) is 8.95. The summed E-state index contributed by atoms with van der Waals surface area (Å²) in [5.74, 6) is 0. The van der Waals surface area contributed by atoms with Gasteiger partial charge in [0.05, 0.1) is 0 Å². The Balaban J connectivity index is 2.00. The molecular weight excluding hydrogens is 280 g/mol. The van der Waals surface area contributed by atoms with Crippen LogP contribution in [0.3, 0.4) is 0 Å². The lowest BCUT2D eigenvalue weighted by molar-refractivity contribution is 0.248. The van der Waals surface area contributed by atoms with Crippen molar-refractivity contribution in [1.29, 1.82) is 0 Å². The lowest BCUT2D eigenvalue weighted by Crippen LogP contribution is -2.50. The van der Waals surface area contributed by atoms with Gasteiger partial charge < -0.3 is 5.32 Å². The molecule has 1 saturated carbocycles. The molecule has 1 aliphatic rings. The molecular formula is C13H22N2O2S2. The number of likely N-dealkylation sites (N-methyl/N-ethyl adjacent to an activating group) is 1. The molecule has 1 aromatic rings. The van der Waals surface area contributed by atoms with Crippen molar-refractivity contribution in [2.45, 2.75) is 49.3 Å². The maximum atomic E-state index is 12.3. The third-order valence-corrected chi connectivity index (χ3v) is 6.81. The minimum absolute atomic E-state index is 0.229. The standard InChI is InChI=1S/C13H22N2O2S2/c1-3-14-10-7-11-5-6-12(18-11)19(16,17)15-13(2)8-4-9-13/h5-6,14-15H,3-4,7-10H2,1-2H3. The maximum Gasteiger partial charge on any atom is 0.250 e. The minimum atomic E-state index is -3.34. The molecule has 0 unspecified atom stereocenters. The normalized spacial score (nSPS) is 18.2. The van der Waals surface area contributed by atoms with E-state index in [0.717, 1.165) is 43.6 Å². The molecule has 0 amide bonds. The van der Waals surface area contributed by atoms with E-state index in [-0.39, 0.29) is 5.54 Å². The minimum Gasteiger partial charge on any atom is -0.317 e. The lowest BCUT2D eigenvalue weighted by Gasteiger charge is -2.38. The molecule has 0 aliphatic heterocycles. The topological polar surface area (TPSA) is 58.2 Å². The Labute approximate surface area is 119 Å². The second-order valence-corrected chi connectivity index (χ2v) is 8.42. The summed E-state index contributed by atoms with van der Waals surface area (Å²) < 4.78 is 27.8. The van der Waals surface area contributed by atoms with Gasteiger partial charge in [-0.3, -0.25) is 0 Å². The predicted molar refractivity (Wildman–Crippen MR) is 79.1 cm³/mol. The summed E-state index contributed by atoms with van der Waals surface area (Å²) in [5.41, 5.74) is -0.229. The summed E-state index contributed by atoms with van der Waals surface area (Å²) in [7, 11) is -3.34. The SMILES string of the molecule is CCNCCc1ccc(S(=O)(=O)NC2(C)CCC2)s1. The Morgan fingerprint density at radius 1 is 1.37 bits per heavy atom. The van der Waals surface area contributed by atoms with Crippen LogP contribution in [0.1, 0.15) is 38.0 Å². The largest absolute Gasteiger partial charge is 0.317 e. The predicted octanol–water partition coefficient (Wildman–Crippen LogP) is 2.12. The van der Waals surface area contributed by atoms with Gasteiger partial charge in [-0.2, -0.15) is 0 Å². The monoisotopic (exact) mass is 302 g/mol. The molecule has 0 saturated heterocycles. The molecule has 6 heteroatoms. The fourth-order valence-electron chi connectivity index (χ4n) is 2.21. The van der Waals surface area contributed by atoms with E-state index in [4.69, 9.17) is 0 Å². The summed E-state index contributed by atoms with van der Waals surface area (Å²) in [6.07, 6.45) is 3.86. The molecule has 0 radical (unpaired) electrons. The van der Waals surface area contributed by atoms with Crippen LogP contribution in [0.5, 0.6) is 0 Å². The number of sulfonamides is 1. The van der Waals surface area contributed by atoms with E-state index in [2.05, 4.69) is 17.0 Å². The lowest BCUT2D eigenvalue weighted by atomic mass is 9.80. The van der Waals surface area contributed by atoms with Crippen LogP contribution in [-0.4, -0.2) is 27.0 Å². The zero-order valence-corrected chi connectivity index (χ0v) is 13.2. The highest BCUT2D eigenvalue weighted by atomic mass is 32.2. The van der Waals surface area contributed by atoms with Crippen molar-refractivity contribution in [3.05, 3.63) is 17.0 Å². The average molecular weight is 302 g/mol. The summed E-state index contributed by atoms with van der Waals surface area (Å²) in [6, 6.07) is 3.63. The van der Waals surface area contributed by atoms with Crippen molar-refractivity contribution < 1.29 is 8.42 Å². The van der Waals surface area contributed by atoms with Gasteiger partial charge in [-0.25, -0.2) is 13.1 Å². The van der Waals surface area contributed by atoms with Crippen LogP contribution in [-0.2, 0) is 16.4 Å². The molecule has 1 fully saturated rings. The first-order valence-corrected chi connectivity index (χ1v) is 9.09. The van der Waals surface area contributed by atoms with Gasteiger partial charge in [0, 0.05) is 10.4 Å². The van der Waals surface area contributed by atoms with Crippen molar-refractivity contribution in [3.63, 3.8) is 0 Å².